The summed E-state index contributed by atoms with van der Waals surface area (Å²) in [6, 6.07) is 9.34. The molecular formula is C14H20INO3. The van der Waals surface area contributed by atoms with E-state index < -0.39 is 15.8 Å². The average molecular weight is 377 g/mol. The summed E-state index contributed by atoms with van der Waals surface area (Å²) in [6.45, 7) is 5.41. The van der Waals surface area contributed by atoms with Gasteiger partial charge in [0, 0.05) is 0 Å². The molecule has 0 radical (unpaired) electrons. The Hall–Kier alpha value is -0.820. The van der Waals surface area contributed by atoms with E-state index in [9.17, 15) is 9.90 Å². The molecule has 2 atom stereocenters. The zero-order valence-electron chi connectivity index (χ0n) is 11.4. The summed E-state index contributed by atoms with van der Waals surface area (Å²) < 4.78 is 4.52. The van der Waals surface area contributed by atoms with Crippen LogP contribution in [0.2, 0.25) is 0 Å². The van der Waals surface area contributed by atoms with Gasteiger partial charge in [-0.05, 0) is 55.3 Å². The topological polar surface area (TPSA) is 58.6 Å². The zero-order valence-corrected chi connectivity index (χ0v) is 13.5. The number of halogens is 1. The van der Waals surface area contributed by atoms with Gasteiger partial charge in [-0.25, -0.2) is 4.79 Å². The van der Waals surface area contributed by atoms with Crippen molar-refractivity contribution in [1.29, 1.82) is 0 Å². The van der Waals surface area contributed by atoms with Gasteiger partial charge in [0.25, 0.3) is 0 Å². The number of ether oxygens (including phenoxy) is 1. The van der Waals surface area contributed by atoms with Crippen LogP contribution in [0.4, 0.5) is 4.79 Å². The molecular weight excluding hydrogens is 357 g/mol. The van der Waals surface area contributed by atoms with Crippen LogP contribution in [0.1, 0.15) is 26.3 Å². The fraction of sp³-hybridized carbons (Fsp3) is 0.500. The quantitative estimate of drug-likeness (QED) is 0.627. The highest BCUT2D eigenvalue weighted by molar-refractivity contribution is 14.1. The number of aliphatic hydroxyl groups excluding tert-OH is 1. The zero-order chi connectivity index (χ0) is 14.5. The predicted molar refractivity (Wildman–Crippen MR) is 83.3 cm³/mol. The van der Waals surface area contributed by atoms with E-state index >= 15 is 0 Å². The number of benzene rings is 1. The van der Waals surface area contributed by atoms with Gasteiger partial charge in [0.15, 0.2) is 0 Å². The number of aliphatic hydroxyl groups is 1. The van der Waals surface area contributed by atoms with Crippen molar-refractivity contribution in [2.75, 3.05) is 0 Å². The largest absolute Gasteiger partial charge is 0.444 e. The number of carbonyl (C=O) groups is 1. The van der Waals surface area contributed by atoms with E-state index in [2.05, 4.69) is 5.32 Å². The molecule has 0 fully saturated rings. The minimum absolute atomic E-state index is 0.377. The summed E-state index contributed by atoms with van der Waals surface area (Å²) in [7, 11) is 0. The van der Waals surface area contributed by atoms with Gasteiger partial charge >= 0.3 is 6.09 Å². The highest BCUT2D eigenvalue weighted by Crippen LogP contribution is 2.12. The van der Waals surface area contributed by atoms with Crippen LogP contribution in [0.15, 0.2) is 30.3 Å². The molecule has 0 heterocycles. The second-order valence-corrected chi connectivity index (χ2v) is 6.59. The van der Waals surface area contributed by atoms with E-state index in [4.69, 9.17) is 4.74 Å². The Morgan fingerprint density at radius 3 is 2.42 bits per heavy atom. The highest BCUT2D eigenvalue weighted by Gasteiger charge is 2.23. The van der Waals surface area contributed by atoms with E-state index in [-0.39, 0.29) is 6.04 Å². The summed E-state index contributed by atoms with van der Waals surface area (Å²) in [5, 5.41) is 12.4. The maximum atomic E-state index is 11.7. The molecule has 106 valence electrons. The summed E-state index contributed by atoms with van der Waals surface area (Å²) >= 11 is 1.89. The summed E-state index contributed by atoms with van der Waals surface area (Å²) in [6.07, 6.45) is 0.0497. The number of alkyl halides is 1. The van der Waals surface area contributed by atoms with Gasteiger partial charge in [0.1, 0.15) is 9.71 Å². The Morgan fingerprint density at radius 2 is 1.95 bits per heavy atom. The van der Waals surface area contributed by atoms with Crippen molar-refractivity contribution in [2.24, 2.45) is 0 Å². The molecule has 0 spiro atoms. The van der Waals surface area contributed by atoms with Crippen molar-refractivity contribution in [1.82, 2.24) is 5.32 Å². The molecule has 0 aliphatic rings. The molecule has 4 nitrogen and oxygen atoms in total. The Balaban J connectivity index is 2.61. The molecule has 2 N–H and O–H groups in total. The van der Waals surface area contributed by atoms with Crippen LogP contribution in [0.5, 0.6) is 0 Å². The van der Waals surface area contributed by atoms with Gasteiger partial charge in [-0.1, -0.05) is 30.3 Å². The van der Waals surface area contributed by atoms with Crippen LogP contribution < -0.4 is 5.32 Å². The van der Waals surface area contributed by atoms with Crippen LogP contribution in [0.25, 0.3) is 0 Å². The summed E-state index contributed by atoms with van der Waals surface area (Å²) in [5.41, 5.74) is 0.511. The number of rotatable bonds is 4. The van der Waals surface area contributed by atoms with Crippen LogP contribution in [0, 0.1) is 0 Å². The normalized spacial score (nSPS) is 14.6. The molecule has 0 aliphatic heterocycles. The lowest BCUT2D eigenvalue weighted by molar-refractivity contribution is 0.0477. The molecule has 1 aromatic rings. The van der Waals surface area contributed by atoms with Crippen molar-refractivity contribution < 1.29 is 14.6 Å². The van der Waals surface area contributed by atoms with Crippen molar-refractivity contribution >= 4 is 28.7 Å². The molecule has 0 saturated heterocycles. The minimum atomic E-state index is -0.676. The first kappa shape index (κ1) is 16.2. The molecule has 0 bridgehead atoms. The Kier molecular flexibility index (Phi) is 6.06. The smallest absolute Gasteiger partial charge is 0.407 e. The monoisotopic (exact) mass is 377 g/mol. The molecule has 0 saturated carbocycles. The number of nitrogens with one attached hydrogen (secondary N) is 1. The molecule has 0 aliphatic carbocycles. The maximum Gasteiger partial charge on any atom is 0.407 e. The number of hydrogen-bond acceptors (Lipinski definition) is 3. The molecule has 1 aromatic carbocycles. The summed E-state index contributed by atoms with van der Waals surface area (Å²) in [5.74, 6) is 0. The van der Waals surface area contributed by atoms with Crippen molar-refractivity contribution in [2.45, 2.75) is 42.9 Å². The molecule has 1 amide bonds. The van der Waals surface area contributed by atoms with E-state index in [1.165, 1.54) is 0 Å². The fourth-order valence-corrected chi connectivity index (χ4v) is 1.98. The SMILES string of the molecule is CC(C)(C)OC(=O)N[C@@H](Cc1ccccc1)C(O)I. The van der Waals surface area contributed by atoms with E-state index in [0.717, 1.165) is 5.56 Å². The van der Waals surface area contributed by atoms with Gasteiger partial charge in [-0.2, -0.15) is 0 Å². The van der Waals surface area contributed by atoms with Crippen molar-refractivity contribution in [3.63, 3.8) is 0 Å². The Morgan fingerprint density at radius 1 is 1.37 bits per heavy atom. The van der Waals surface area contributed by atoms with Gasteiger partial charge in [0.05, 0.1) is 6.04 Å². The average Bonchev–Trinajstić information content (AvgIpc) is 2.26. The number of amides is 1. The second kappa shape index (κ2) is 7.09. The molecule has 19 heavy (non-hydrogen) atoms. The Bertz CT molecular complexity index is 401. The Labute approximate surface area is 127 Å². The van der Waals surface area contributed by atoms with Crippen LogP contribution in [-0.4, -0.2) is 27.0 Å². The predicted octanol–water partition coefficient (Wildman–Crippen LogP) is 2.88. The minimum Gasteiger partial charge on any atom is -0.444 e. The first-order valence-corrected chi connectivity index (χ1v) is 7.38. The first-order chi connectivity index (χ1) is 8.78. The van der Waals surface area contributed by atoms with Crippen LogP contribution in [0.3, 0.4) is 0 Å². The van der Waals surface area contributed by atoms with Gasteiger partial charge in [0.2, 0.25) is 0 Å². The van der Waals surface area contributed by atoms with E-state index in [1.807, 2.05) is 52.9 Å². The van der Waals surface area contributed by atoms with Gasteiger partial charge in [-0.15, -0.1) is 0 Å². The van der Waals surface area contributed by atoms with Crippen LogP contribution in [-0.2, 0) is 11.2 Å². The molecule has 0 aromatic heterocycles. The van der Waals surface area contributed by atoms with Crippen molar-refractivity contribution in [3.8, 4) is 0 Å². The lowest BCUT2D eigenvalue weighted by Crippen LogP contribution is -2.44. The summed E-state index contributed by atoms with van der Waals surface area (Å²) in [4.78, 5) is 11.7. The third-order valence-electron chi connectivity index (χ3n) is 2.33. The van der Waals surface area contributed by atoms with Gasteiger partial charge < -0.3 is 15.2 Å². The maximum absolute atomic E-state index is 11.7. The number of hydrogen-bond donors (Lipinski definition) is 2. The standard InChI is InChI=1S/C14H20INO3/c1-14(2,3)19-13(18)16-11(12(15)17)9-10-7-5-4-6-8-10/h4-8,11-12,17H,9H2,1-3H3,(H,16,18)/t11-,12?/m0/s1. The van der Waals surface area contributed by atoms with Crippen molar-refractivity contribution in [3.05, 3.63) is 35.9 Å². The fourth-order valence-electron chi connectivity index (χ4n) is 1.54. The number of alkyl carbamates (subject to hydrolysis) is 1. The molecule has 1 unspecified atom stereocenters. The lowest BCUT2D eigenvalue weighted by Gasteiger charge is -2.24. The third kappa shape index (κ3) is 6.77. The molecule has 5 heteroatoms. The molecule has 1 rings (SSSR count). The van der Waals surface area contributed by atoms with E-state index in [0.29, 0.717) is 6.42 Å². The lowest BCUT2D eigenvalue weighted by atomic mass is 10.1. The number of carbonyl (C=O) groups excluding carboxylic acids is 1. The third-order valence-corrected chi connectivity index (χ3v) is 3.20. The van der Waals surface area contributed by atoms with E-state index in [1.54, 1.807) is 20.8 Å². The van der Waals surface area contributed by atoms with Gasteiger partial charge in [-0.3, -0.25) is 0 Å². The first-order valence-electron chi connectivity index (χ1n) is 6.13. The van der Waals surface area contributed by atoms with Crippen LogP contribution >= 0.6 is 22.6 Å². The highest BCUT2D eigenvalue weighted by atomic mass is 127. The second-order valence-electron chi connectivity index (χ2n) is 5.32.